The molecule has 1 unspecified atom stereocenters. The third-order valence-electron chi connectivity index (χ3n) is 7.64. The number of carbonyl (C=O) groups is 5. The van der Waals surface area contributed by atoms with E-state index in [1.54, 1.807) is 20.8 Å². The number of nitrogens with one attached hydrogen (secondary N) is 2. The number of ether oxygens (including phenoxy) is 2. The summed E-state index contributed by atoms with van der Waals surface area (Å²) in [5.41, 5.74) is 1.73. The predicted molar refractivity (Wildman–Crippen MR) is 168 cm³/mol. The Bertz CT molecular complexity index is 1400. The number of hydrogen-bond acceptors (Lipinski definition) is 8. The van der Waals surface area contributed by atoms with Crippen molar-refractivity contribution in [3.8, 4) is 0 Å². The molecule has 0 radical (unpaired) electrons. The normalized spacial score (nSPS) is 15.2. The summed E-state index contributed by atoms with van der Waals surface area (Å²) in [6.07, 6.45) is 2.01. The van der Waals surface area contributed by atoms with Gasteiger partial charge in [-0.2, -0.15) is 0 Å². The van der Waals surface area contributed by atoms with Gasteiger partial charge in [0.15, 0.2) is 0 Å². The van der Waals surface area contributed by atoms with Crippen LogP contribution in [0.25, 0.3) is 0 Å². The number of rotatable bonds is 12. The van der Waals surface area contributed by atoms with Gasteiger partial charge in [0.1, 0.15) is 24.1 Å². The molecular weight excluding hydrogens is 594 g/mol. The lowest BCUT2D eigenvalue weighted by Crippen LogP contribution is -2.59. The van der Waals surface area contributed by atoms with E-state index in [1.165, 1.54) is 9.80 Å². The van der Waals surface area contributed by atoms with E-state index in [4.69, 9.17) is 9.47 Å². The molecule has 2 aliphatic rings. The summed E-state index contributed by atoms with van der Waals surface area (Å²) in [5, 5.41) is 14.9. The molecule has 0 aliphatic carbocycles. The van der Waals surface area contributed by atoms with Crippen LogP contribution in [0, 0.1) is 5.92 Å². The summed E-state index contributed by atoms with van der Waals surface area (Å²) >= 11 is 0. The van der Waals surface area contributed by atoms with Gasteiger partial charge in [0, 0.05) is 38.3 Å². The smallest absolute Gasteiger partial charge is 0.413 e. The Morgan fingerprint density at radius 1 is 1.04 bits per heavy atom. The first-order chi connectivity index (χ1) is 21.9. The largest absolute Gasteiger partial charge is 0.465 e. The number of likely N-dealkylation sites (tertiary alicyclic amines) is 1. The average molecular weight is 638 g/mol. The van der Waals surface area contributed by atoms with Crippen molar-refractivity contribution in [3.05, 3.63) is 59.3 Å². The van der Waals surface area contributed by atoms with Crippen LogP contribution in [-0.4, -0.2) is 82.8 Å². The highest BCUT2D eigenvalue weighted by atomic mass is 16.6. The van der Waals surface area contributed by atoms with E-state index in [0.29, 0.717) is 31.6 Å². The highest BCUT2D eigenvalue weighted by Gasteiger charge is 2.38. The molecule has 3 N–H and O–H groups in total. The summed E-state index contributed by atoms with van der Waals surface area (Å²) < 4.78 is 10.8. The van der Waals surface area contributed by atoms with Gasteiger partial charge in [-0.25, -0.2) is 19.4 Å². The summed E-state index contributed by atoms with van der Waals surface area (Å²) in [6, 6.07) is 12.0. The molecule has 3 heterocycles. The summed E-state index contributed by atoms with van der Waals surface area (Å²) in [6.45, 7) is 5.85. The van der Waals surface area contributed by atoms with Crippen LogP contribution in [0.5, 0.6) is 0 Å². The third kappa shape index (κ3) is 9.91. The Kier molecular flexibility index (Phi) is 11.6. The molecular formula is C33H43N5O8. The number of benzene rings is 1. The molecule has 0 spiro atoms. The predicted octanol–water partition coefficient (Wildman–Crippen LogP) is 3.44. The van der Waals surface area contributed by atoms with Crippen molar-refractivity contribution >= 4 is 35.8 Å². The van der Waals surface area contributed by atoms with E-state index in [2.05, 4.69) is 15.6 Å². The zero-order chi connectivity index (χ0) is 33.3. The molecule has 1 fully saturated rings. The van der Waals surface area contributed by atoms with Crippen molar-refractivity contribution in [2.45, 2.75) is 77.5 Å². The first-order valence-electron chi connectivity index (χ1n) is 15.6. The number of nitrogens with zero attached hydrogens (tertiary/aromatic N) is 3. The average Bonchev–Trinajstić information content (AvgIpc) is 2.98. The Hall–Kier alpha value is -4.68. The van der Waals surface area contributed by atoms with Crippen molar-refractivity contribution in [3.63, 3.8) is 0 Å². The number of pyridine rings is 1. The quantitative estimate of drug-likeness (QED) is 0.233. The van der Waals surface area contributed by atoms with Gasteiger partial charge in [0.05, 0.1) is 5.92 Å². The van der Waals surface area contributed by atoms with Crippen LogP contribution in [0.15, 0.2) is 42.5 Å². The van der Waals surface area contributed by atoms with Crippen LogP contribution >= 0.6 is 0 Å². The van der Waals surface area contributed by atoms with Crippen LogP contribution < -0.4 is 15.5 Å². The van der Waals surface area contributed by atoms with Crippen molar-refractivity contribution < 1.29 is 38.6 Å². The van der Waals surface area contributed by atoms with Gasteiger partial charge in [-0.3, -0.25) is 14.5 Å². The molecule has 4 rings (SSSR count). The van der Waals surface area contributed by atoms with Crippen molar-refractivity contribution in [2.75, 3.05) is 31.1 Å². The maximum Gasteiger partial charge on any atom is 0.413 e. The molecule has 1 saturated heterocycles. The maximum absolute atomic E-state index is 12.9. The minimum absolute atomic E-state index is 0.129. The number of amides is 4. The van der Waals surface area contributed by atoms with Crippen molar-refractivity contribution in [1.29, 1.82) is 0 Å². The van der Waals surface area contributed by atoms with E-state index in [1.807, 2.05) is 42.5 Å². The fraction of sp³-hybridized carbons (Fsp3) is 0.515. The fourth-order valence-corrected chi connectivity index (χ4v) is 5.16. The molecule has 248 valence electrons. The van der Waals surface area contributed by atoms with Crippen LogP contribution in [0.4, 0.5) is 15.4 Å². The number of carbonyl (C=O) groups excluding carboxylic acids is 4. The number of unbranched alkanes of at least 4 members (excludes halogenated alkanes) is 1. The topological polar surface area (TPSA) is 167 Å². The zero-order valence-corrected chi connectivity index (χ0v) is 26.6. The molecule has 13 nitrogen and oxygen atoms in total. The van der Waals surface area contributed by atoms with E-state index in [9.17, 15) is 29.1 Å². The monoisotopic (exact) mass is 637 g/mol. The van der Waals surface area contributed by atoms with Crippen molar-refractivity contribution in [1.82, 2.24) is 20.5 Å². The minimum Gasteiger partial charge on any atom is -0.465 e. The first kappa shape index (κ1) is 34.2. The van der Waals surface area contributed by atoms with Crippen LogP contribution in [0.2, 0.25) is 0 Å². The van der Waals surface area contributed by atoms with Crippen LogP contribution in [0.3, 0.4) is 0 Å². The van der Waals surface area contributed by atoms with Gasteiger partial charge in [-0.1, -0.05) is 36.4 Å². The number of esters is 1. The summed E-state index contributed by atoms with van der Waals surface area (Å²) in [5.74, 6) is -1.41. The molecule has 2 aromatic rings. The van der Waals surface area contributed by atoms with E-state index in [-0.39, 0.29) is 38.6 Å². The van der Waals surface area contributed by atoms with Crippen molar-refractivity contribution in [2.24, 2.45) is 5.92 Å². The van der Waals surface area contributed by atoms with Crippen LogP contribution in [-0.2, 0) is 43.3 Å². The maximum atomic E-state index is 12.9. The second kappa shape index (κ2) is 15.5. The fourth-order valence-electron chi connectivity index (χ4n) is 5.16. The number of hydrogen-bond donors (Lipinski definition) is 3. The third-order valence-corrected chi connectivity index (χ3v) is 7.64. The summed E-state index contributed by atoms with van der Waals surface area (Å²) in [4.78, 5) is 69.6. The molecule has 0 saturated carbocycles. The van der Waals surface area contributed by atoms with E-state index < -0.39 is 41.6 Å². The lowest BCUT2D eigenvalue weighted by atomic mass is 9.99. The lowest BCUT2D eigenvalue weighted by molar-refractivity contribution is -0.159. The number of aryl methyl sites for hydroxylation is 2. The second-order valence-electron chi connectivity index (χ2n) is 12.6. The zero-order valence-electron chi connectivity index (χ0n) is 26.6. The Balaban J connectivity index is 1.21. The molecule has 1 aromatic carbocycles. The number of aromatic nitrogens is 1. The Labute approximate surface area is 268 Å². The Morgan fingerprint density at radius 3 is 2.48 bits per heavy atom. The van der Waals surface area contributed by atoms with Gasteiger partial charge in [0.2, 0.25) is 11.8 Å². The van der Waals surface area contributed by atoms with Crippen LogP contribution in [0.1, 0.15) is 63.3 Å². The van der Waals surface area contributed by atoms with E-state index >= 15 is 0 Å². The molecule has 2 aliphatic heterocycles. The molecule has 1 atom stereocenters. The molecule has 46 heavy (non-hydrogen) atoms. The summed E-state index contributed by atoms with van der Waals surface area (Å²) in [7, 11) is 0. The van der Waals surface area contributed by atoms with Gasteiger partial charge in [-0.15, -0.1) is 0 Å². The number of fused-ring (bicyclic) bond motifs is 1. The molecule has 1 aromatic heterocycles. The standard InChI is InChI=1S/C33H43N5O8/c1-33(2,3)46-30(41)26(36-29(40)24-19-37(20-24)32(44)45-21-22-10-5-4-6-11-22)18-34-27(39)14-8-7-13-25-16-15-23-12-9-17-38(31(42)43)28(23)35-25/h4-6,10-11,15-16,24,26H,7-9,12-14,17-21H2,1-3H3,(H,34,39)(H,36,40)(H,42,43). The number of carboxylic acid groups (broad SMARTS) is 1. The molecule has 0 bridgehead atoms. The molecule has 4 amide bonds. The highest BCUT2D eigenvalue weighted by molar-refractivity contribution is 5.88. The SMILES string of the molecule is CC(C)(C)OC(=O)C(CNC(=O)CCCCc1ccc2c(n1)N(C(=O)O)CCC2)NC(=O)C1CN(C(=O)OCc2ccccc2)C1. The van der Waals surface area contributed by atoms with E-state index in [0.717, 1.165) is 29.7 Å². The highest BCUT2D eigenvalue weighted by Crippen LogP contribution is 2.26. The van der Waals surface area contributed by atoms with Gasteiger partial charge < -0.3 is 30.1 Å². The lowest BCUT2D eigenvalue weighted by Gasteiger charge is -2.37. The molecule has 13 heteroatoms. The van der Waals surface area contributed by atoms with Gasteiger partial charge in [-0.05, 0) is 70.1 Å². The minimum atomic E-state index is -1.10. The number of anilines is 1. The van der Waals surface area contributed by atoms with Gasteiger partial charge in [0.25, 0.3) is 0 Å². The first-order valence-corrected chi connectivity index (χ1v) is 15.6. The second-order valence-corrected chi connectivity index (χ2v) is 12.6. The van der Waals surface area contributed by atoms with Gasteiger partial charge >= 0.3 is 18.2 Å². The Morgan fingerprint density at radius 2 is 1.78 bits per heavy atom.